The molecule has 23 heavy (non-hydrogen) atoms. The van der Waals surface area contributed by atoms with E-state index in [1.807, 2.05) is 54.8 Å². The molecule has 1 aromatic carbocycles. The summed E-state index contributed by atoms with van der Waals surface area (Å²) in [7, 11) is 0. The highest BCUT2D eigenvalue weighted by Crippen LogP contribution is 2.20. The standard InChI is InChI=1S/C18H17N3OS/c1-13-5-7-14(8-6-13)20-17(22)9-10-18-21-16(12-23-18)15-4-2-3-11-19-15/h2-8,11-12H,9-10H2,1H3,(H,20,22). The number of hydrogen-bond acceptors (Lipinski definition) is 4. The molecule has 2 heterocycles. The Morgan fingerprint density at radius 3 is 2.70 bits per heavy atom. The molecule has 0 aliphatic heterocycles. The highest BCUT2D eigenvalue weighted by atomic mass is 32.1. The minimum Gasteiger partial charge on any atom is -0.326 e. The first-order valence-corrected chi connectivity index (χ1v) is 8.31. The topological polar surface area (TPSA) is 54.9 Å². The minimum atomic E-state index is 0.00318. The third-order valence-electron chi connectivity index (χ3n) is 3.38. The summed E-state index contributed by atoms with van der Waals surface area (Å²) >= 11 is 1.56. The molecular weight excluding hydrogens is 306 g/mol. The molecule has 0 fully saturated rings. The number of thiazole rings is 1. The van der Waals surface area contributed by atoms with Gasteiger partial charge in [0.05, 0.1) is 16.4 Å². The van der Waals surface area contributed by atoms with Crippen LogP contribution in [0.25, 0.3) is 11.4 Å². The van der Waals surface area contributed by atoms with E-state index in [2.05, 4.69) is 15.3 Å². The number of carbonyl (C=O) groups excluding carboxylic acids is 1. The van der Waals surface area contributed by atoms with Crippen LogP contribution in [0.3, 0.4) is 0 Å². The quantitative estimate of drug-likeness (QED) is 0.769. The third-order valence-corrected chi connectivity index (χ3v) is 4.29. The number of amides is 1. The Hall–Kier alpha value is -2.53. The van der Waals surface area contributed by atoms with Gasteiger partial charge in [0.15, 0.2) is 0 Å². The normalized spacial score (nSPS) is 10.5. The van der Waals surface area contributed by atoms with Crippen molar-refractivity contribution in [2.24, 2.45) is 0 Å². The fourth-order valence-electron chi connectivity index (χ4n) is 2.14. The highest BCUT2D eigenvalue weighted by molar-refractivity contribution is 7.09. The van der Waals surface area contributed by atoms with E-state index >= 15 is 0 Å². The van der Waals surface area contributed by atoms with Crippen molar-refractivity contribution in [3.05, 3.63) is 64.6 Å². The number of aryl methyl sites for hydroxylation is 2. The van der Waals surface area contributed by atoms with E-state index in [9.17, 15) is 4.79 Å². The Kier molecular flexibility index (Phi) is 4.78. The van der Waals surface area contributed by atoms with Gasteiger partial charge in [0.1, 0.15) is 0 Å². The maximum absolute atomic E-state index is 12.0. The van der Waals surface area contributed by atoms with E-state index in [0.717, 1.165) is 22.1 Å². The minimum absolute atomic E-state index is 0.00318. The molecule has 0 radical (unpaired) electrons. The van der Waals surface area contributed by atoms with Gasteiger partial charge in [-0.25, -0.2) is 4.98 Å². The molecule has 1 amide bonds. The summed E-state index contributed by atoms with van der Waals surface area (Å²) in [4.78, 5) is 20.8. The van der Waals surface area contributed by atoms with E-state index in [1.54, 1.807) is 17.5 Å². The largest absolute Gasteiger partial charge is 0.326 e. The zero-order chi connectivity index (χ0) is 16.1. The van der Waals surface area contributed by atoms with Crippen molar-refractivity contribution in [2.45, 2.75) is 19.8 Å². The Balaban J connectivity index is 1.55. The van der Waals surface area contributed by atoms with Crippen LogP contribution in [-0.4, -0.2) is 15.9 Å². The summed E-state index contributed by atoms with van der Waals surface area (Å²) in [6.45, 7) is 2.02. The van der Waals surface area contributed by atoms with E-state index in [1.165, 1.54) is 5.56 Å². The molecule has 116 valence electrons. The Bertz CT molecular complexity index is 782. The van der Waals surface area contributed by atoms with Crippen molar-refractivity contribution in [3.63, 3.8) is 0 Å². The summed E-state index contributed by atoms with van der Waals surface area (Å²) in [6, 6.07) is 13.5. The molecule has 3 aromatic rings. The summed E-state index contributed by atoms with van der Waals surface area (Å²) in [6.07, 6.45) is 2.81. The van der Waals surface area contributed by atoms with Crippen molar-refractivity contribution in [2.75, 3.05) is 5.32 Å². The fourth-order valence-corrected chi connectivity index (χ4v) is 2.93. The first kappa shape index (κ1) is 15.4. The second-order valence-electron chi connectivity index (χ2n) is 5.26. The lowest BCUT2D eigenvalue weighted by Gasteiger charge is -2.04. The van der Waals surface area contributed by atoms with Crippen LogP contribution >= 0.6 is 11.3 Å². The zero-order valence-electron chi connectivity index (χ0n) is 12.8. The van der Waals surface area contributed by atoms with Crippen LogP contribution in [0.15, 0.2) is 54.0 Å². The number of aromatic nitrogens is 2. The van der Waals surface area contributed by atoms with Crippen molar-refractivity contribution >= 4 is 22.9 Å². The predicted octanol–water partition coefficient (Wildman–Crippen LogP) is 4.08. The molecule has 4 nitrogen and oxygen atoms in total. The number of rotatable bonds is 5. The third kappa shape index (κ3) is 4.23. The van der Waals surface area contributed by atoms with Crippen LogP contribution in [0.1, 0.15) is 17.0 Å². The molecule has 0 aliphatic rings. The van der Waals surface area contributed by atoms with Gasteiger partial charge in [0, 0.05) is 30.1 Å². The first-order chi connectivity index (χ1) is 11.2. The van der Waals surface area contributed by atoms with Crippen LogP contribution < -0.4 is 5.32 Å². The van der Waals surface area contributed by atoms with E-state index in [0.29, 0.717) is 12.8 Å². The molecule has 0 unspecified atom stereocenters. The Morgan fingerprint density at radius 2 is 1.96 bits per heavy atom. The molecule has 0 atom stereocenters. The number of nitrogens with zero attached hydrogens (tertiary/aromatic N) is 2. The predicted molar refractivity (Wildman–Crippen MR) is 93.5 cm³/mol. The van der Waals surface area contributed by atoms with Crippen molar-refractivity contribution in [1.29, 1.82) is 0 Å². The number of hydrogen-bond donors (Lipinski definition) is 1. The highest BCUT2D eigenvalue weighted by Gasteiger charge is 2.08. The Labute approximate surface area is 139 Å². The smallest absolute Gasteiger partial charge is 0.224 e. The fraction of sp³-hybridized carbons (Fsp3) is 0.167. The molecule has 0 saturated heterocycles. The van der Waals surface area contributed by atoms with Gasteiger partial charge in [-0.2, -0.15) is 0 Å². The average molecular weight is 323 g/mol. The molecule has 0 bridgehead atoms. The molecule has 0 saturated carbocycles. The lowest BCUT2D eigenvalue weighted by molar-refractivity contribution is -0.116. The van der Waals surface area contributed by atoms with Gasteiger partial charge in [-0.15, -0.1) is 11.3 Å². The molecular formula is C18H17N3OS. The SMILES string of the molecule is Cc1ccc(NC(=O)CCc2nc(-c3ccccn3)cs2)cc1. The summed E-state index contributed by atoms with van der Waals surface area (Å²) in [5, 5.41) is 5.83. The van der Waals surface area contributed by atoms with Crippen LogP contribution in [0.4, 0.5) is 5.69 Å². The lowest BCUT2D eigenvalue weighted by Crippen LogP contribution is -2.12. The summed E-state index contributed by atoms with van der Waals surface area (Å²) in [5.41, 5.74) is 3.73. The van der Waals surface area contributed by atoms with Crippen molar-refractivity contribution < 1.29 is 4.79 Å². The van der Waals surface area contributed by atoms with Gasteiger partial charge >= 0.3 is 0 Å². The van der Waals surface area contributed by atoms with Gasteiger partial charge in [0.2, 0.25) is 5.91 Å². The number of nitrogens with one attached hydrogen (secondary N) is 1. The van der Waals surface area contributed by atoms with Gasteiger partial charge in [-0.05, 0) is 31.2 Å². The van der Waals surface area contributed by atoms with Gasteiger partial charge in [-0.3, -0.25) is 9.78 Å². The number of benzene rings is 1. The number of pyridine rings is 1. The first-order valence-electron chi connectivity index (χ1n) is 7.43. The second kappa shape index (κ2) is 7.15. The molecule has 1 N–H and O–H groups in total. The van der Waals surface area contributed by atoms with E-state index in [-0.39, 0.29) is 5.91 Å². The van der Waals surface area contributed by atoms with Crippen molar-refractivity contribution in [3.8, 4) is 11.4 Å². The maximum atomic E-state index is 12.0. The average Bonchev–Trinajstić information content (AvgIpc) is 3.05. The summed E-state index contributed by atoms with van der Waals surface area (Å²) < 4.78 is 0. The number of anilines is 1. The van der Waals surface area contributed by atoms with E-state index in [4.69, 9.17) is 0 Å². The monoisotopic (exact) mass is 323 g/mol. The molecule has 0 aliphatic carbocycles. The zero-order valence-corrected chi connectivity index (χ0v) is 13.6. The molecule has 5 heteroatoms. The van der Waals surface area contributed by atoms with Gasteiger partial charge in [0.25, 0.3) is 0 Å². The van der Waals surface area contributed by atoms with Crippen molar-refractivity contribution in [1.82, 2.24) is 9.97 Å². The van der Waals surface area contributed by atoms with Crippen LogP contribution in [0.5, 0.6) is 0 Å². The summed E-state index contributed by atoms with van der Waals surface area (Å²) in [5.74, 6) is 0.00318. The lowest BCUT2D eigenvalue weighted by atomic mass is 10.2. The number of carbonyl (C=O) groups is 1. The molecule has 2 aromatic heterocycles. The molecule has 0 spiro atoms. The second-order valence-corrected chi connectivity index (χ2v) is 6.20. The van der Waals surface area contributed by atoms with Gasteiger partial charge < -0.3 is 5.32 Å². The van der Waals surface area contributed by atoms with Crippen LogP contribution in [0, 0.1) is 6.92 Å². The van der Waals surface area contributed by atoms with Crippen LogP contribution in [0.2, 0.25) is 0 Å². The molecule has 3 rings (SSSR count). The van der Waals surface area contributed by atoms with Gasteiger partial charge in [-0.1, -0.05) is 23.8 Å². The van der Waals surface area contributed by atoms with Crippen LogP contribution in [-0.2, 0) is 11.2 Å². The maximum Gasteiger partial charge on any atom is 0.224 e. The van der Waals surface area contributed by atoms with E-state index < -0.39 is 0 Å². The Morgan fingerprint density at radius 1 is 1.13 bits per heavy atom.